The second-order valence-corrected chi connectivity index (χ2v) is 8.62. The van der Waals surface area contributed by atoms with Gasteiger partial charge in [-0.25, -0.2) is 0 Å². The summed E-state index contributed by atoms with van der Waals surface area (Å²) in [5, 5.41) is 6.35. The van der Waals surface area contributed by atoms with Crippen LogP contribution in [-0.2, 0) is 9.59 Å². The van der Waals surface area contributed by atoms with Gasteiger partial charge in [-0.15, -0.1) is 0 Å². The molecule has 0 fully saturated rings. The van der Waals surface area contributed by atoms with E-state index < -0.39 is 5.92 Å². The SMILES string of the molecule is COc1ccccc1NC(=O)C1=C(C)NC2=C(C(=O)CCC2)[C@@H]1c1ccccc1OC(C)C. The lowest BCUT2D eigenvalue weighted by molar-refractivity contribution is -0.116. The number of rotatable bonds is 6. The molecule has 0 aromatic heterocycles. The number of ketones is 1. The number of methoxy groups -OCH3 is 1. The van der Waals surface area contributed by atoms with Gasteiger partial charge in [0.1, 0.15) is 11.5 Å². The molecule has 0 saturated carbocycles. The van der Waals surface area contributed by atoms with E-state index in [4.69, 9.17) is 9.47 Å². The van der Waals surface area contributed by atoms with Crippen LogP contribution < -0.4 is 20.1 Å². The topological polar surface area (TPSA) is 76.7 Å². The number of para-hydroxylation sites is 3. The highest BCUT2D eigenvalue weighted by atomic mass is 16.5. The normalized spacial score (nSPS) is 18.1. The number of amides is 1. The lowest BCUT2D eigenvalue weighted by atomic mass is 9.74. The molecule has 2 N–H and O–H groups in total. The number of nitrogens with one attached hydrogen (secondary N) is 2. The molecule has 6 heteroatoms. The molecule has 0 bridgehead atoms. The van der Waals surface area contributed by atoms with Gasteiger partial charge in [0.25, 0.3) is 5.91 Å². The summed E-state index contributed by atoms with van der Waals surface area (Å²) in [4.78, 5) is 26.9. The van der Waals surface area contributed by atoms with Gasteiger partial charge in [0.2, 0.25) is 0 Å². The van der Waals surface area contributed by atoms with E-state index in [1.165, 1.54) is 0 Å². The average molecular weight is 447 g/mol. The van der Waals surface area contributed by atoms with Gasteiger partial charge in [-0.3, -0.25) is 9.59 Å². The Hall–Kier alpha value is -3.54. The van der Waals surface area contributed by atoms with Gasteiger partial charge in [-0.2, -0.15) is 0 Å². The van der Waals surface area contributed by atoms with E-state index in [0.717, 1.165) is 29.8 Å². The molecule has 0 spiro atoms. The molecular formula is C27H30N2O4. The summed E-state index contributed by atoms with van der Waals surface area (Å²) in [5.74, 6) is 0.530. The van der Waals surface area contributed by atoms with Crippen molar-refractivity contribution in [3.63, 3.8) is 0 Å². The van der Waals surface area contributed by atoms with Crippen molar-refractivity contribution in [1.82, 2.24) is 5.32 Å². The minimum absolute atomic E-state index is 0.0423. The summed E-state index contributed by atoms with van der Waals surface area (Å²) < 4.78 is 11.5. The van der Waals surface area contributed by atoms with Crippen LogP contribution in [0.2, 0.25) is 0 Å². The molecule has 172 valence electrons. The number of ether oxygens (including phenoxy) is 2. The van der Waals surface area contributed by atoms with Crippen LogP contribution in [0.4, 0.5) is 5.69 Å². The third-order valence-corrected chi connectivity index (χ3v) is 5.97. The van der Waals surface area contributed by atoms with Crippen molar-refractivity contribution in [2.24, 2.45) is 0 Å². The van der Waals surface area contributed by atoms with E-state index in [1.54, 1.807) is 19.2 Å². The molecule has 1 heterocycles. The van der Waals surface area contributed by atoms with Crippen LogP contribution in [0.25, 0.3) is 0 Å². The van der Waals surface area contributed by atoms with Crippen molar-refractivity contribution in [2.75, 3.05) is 12.4 Å². The summed E-state index contributed by atoms with van der Waals surface area (Å²) in [6, 6.07) is 15.0. The van der Waals surface area contributed by atoms with Crippen molar-refractivity contribution < 1.29 is 19.1 Å². The quantitative estimate of drug-likeness (QED) is 0.646. The molecule has 2 aliphatic rings. The van der Waals surface area contributed by atoms with Gasteiger partial charge in [0, 0.05) is 34.5 Å². The molecule has 0 saturated heterocycles. The van der Waals surface area contributed by atoms with Gasteiger partial charge in [-0.1, -0.05) is 30.3 Å². The van der Waals surface area contributed by atoms with Crippen LogP contribution >= 0.6 is 0 Å². The summed E-state index contributed by atoms with van der Waals surface area (Å²) in [6.45, 7) is 5.82. The standard InChI is InChI=1S/C27H30N2O4/c1-16(2)33-22-14-7-5-10-18(22)25-24(17(3)28-20-12-9-13-21(30)26(20)25)27(31)29-19-11-6-8-15-23(19)32-4/h5-8,10-11,14-16,25,28H,9,12-13H2,1-4H3,(H,29,31)/t25-/m1/s1. The summed E-state index contributed by atoms with van der Waals surface area (Å²) in [5.41, 5.74) is 4.21. The first-order valence-corrected chi connectivity index (χ1v) is 11.3. The maximum atomic E-state index is 13.7. The minimum Gasteiger partial charge on any atom is -0.495 e. The maximum Gasteiger partial charge on any atom is 0.254 e. The predicted molar refractivity (Wildman–Crippen MR) is 128 cm³/mol. The number of hydrogen-bond acceptors (Lipinski definition) is 5. The van der Waals surface area contributed by atoms with E-state index in [9.17, 15) is 9.59 Å². The molecule has 33 heavy (non-hydrogen) atoms. The molecule has 0 radical (unpaired) electrons. The molecule has 1 aliphatic carbocycles. The molecular weight excluding hydrogens is 416 g/mol. The molecule has 0 unspecified atom stereocenters. The summed E-state index contributed by atoms with van der Waals surface area (Å²) in [6.07, 6.45) is 2.02. The van der Waals surface area contributed by atoms with Crippen LogP contribution in [0.5, 0.6) is 11.5 Å². The Morgan fingerprint density at radius 2 is 1.76 bits per heavy atom. The number of carbonyl (C=O) groups excluding carboxylic acids is 2. The molecule has 1 amide bonds. The van der Waals surface area contributed by atoms with Gasteiger partial charge in [0.05, 0.1) is 24.8 Å². The number of hydrogen-bond donors (Lipinski definition) is 2. The van der Waals surface area contributed by atoms with Crippen molar-refractivity contribution in [3.05, 3.63) is 76.6 Å². The number of carbonyl (C=O) groups is 2. The molecule has 4 rings (SSSR count). The van der Waals surface area contributed by atoms with Crippen LogP contribution in [0.15, 0.2) is 71.1 Å². The number of Topliss-reactive ketones (excluding diaryl/α,β-unsaturated/α-hetero) is 1. The fourth-order valence-electron chi connectivity index (χ4n) is 4.61. The first kappa shape index (κ1) is 22.6. The minimum atomic E-state index is -0.515. The first-order valence-electron chi connectivity index (χ1n) is 11.3. The van der Waals surface area contributed by atoms with Crippen LogP contribution in [-0.4, -0.2) is 24.9 Å². The third kappa shape index (κ3) is 4.51. The Bertz CT molecular complexity index is 1150. The van der Waals surface area contributed by atoms with Gasteiger partial charge in [-0.05, 0) is 51.8 Å². The number of anilines is 1. The highest BCUT2D eigenvalue weighted by molar-refractivity contribution is 6.10. The Balaban J connectivity index is 1.83. The summed E-state index contributed by atoms with van der Waals surface area (Å²) in [7, 11) is 1.57. The van der Waals surface area contributed by atoms with Gasteiger partial charge in [0.15, 0.2) is 5.78 Å². The Morgan fingerprint density at radius 1 is 1.06 bits per heavy atom. The van der Waals surface area contributed by atoms with E-state index in [-0.39, 0.29) is 17.8 Å². The lowest BCUT2D eigenvalue weighted by Gasteiger charge is -2.35. The van der Waals surface area contributed by atoms with Crippen molar-refractivity contribution in [1.29, 1.82) is 0 Å². The zero-order valence-electron chi connectivity index (χ0n) is 19.5. The highest BCUT2D eigenvalue weighted by Crippen LogP contribution is 2.45. The van der Waals surface area contributed by atoms with Crippen molar-refractivity contribution in [3.8, 4) is 11.5 Å². The van der Waals surface area contributed by atoms with Crippen LogP contribution in [0.3, 0.4) is 0 Å². The Morgan fingerprint density at radius 3 is 2.48 bits per heavy atom. The maximum absolute atomic E-state index is 13.7. The number of dihydropyridines is 1. The molecule has 2 aromatic rings. The molecule has 1 aliphatic heterocycles. The summed E-state index contributed by atoms with van der Waals surface area (Å²) >= 11 is 0. The Kier molecular flexibility index (Phi) is 6.54. The van der Waals surface area contributed by atoms with Crippen molar-refractivity contribution in [2.45, 2.75) is 52.1 Å². The first-order chi connectivity index (χ1) is 15.9. The fraction of sp³-hybridized carbons (Fsp3) is 0.333. The Labute approximate surface area is 194 Å². The third-order valence-electron chi connectivity index (χ3n) is 5.97. The molecule has 6 nitrogen and oxygen atoms in total. The largest absolute Gasteiger partial charge is 0.495 e. The van der Waals surface area contributed by atoms with E-state index >= 15 is 0 Å². The van der Waals surface area contributed by atoms with Crippen LogP contribution in [0, 0.1) is 0 Å². The molecule has 2 aromatic carbocycles. The van der Waals surface area contributed by atoms with E-state index in [0.29, 0.717) is 34.8 Å². The number of benzene rings is 2. The average Bonchev–Trinajstić information content (AvgIpc) is 2.78. The zero-order chi connectivity index (χ0) is 23.5. The number of allylic oxidation sites excluding steroid dienone is 3. The lowest BCUT2D eigenvalue weighted by Crippen LogP contribution is -2.35. The van der Waals surface area contributed by atoms with Gasteiger partial charge < -0.3 is 20.1 Å². The highest BCUT2D eigenvalue weighted by Gasteiger charge is 2.39. The molecule has 1 atom stereocenters. The van der Waals surface area contributed by atoms with Gasteiger partial charge >= 0.3 is 0 Å². The van der Waals surface area contributed by atoms with E-state index in [1.807, 2.05) is 57.2 Å². The monoisotopic (exact) mass is 446 g/mol. The zero-order valence-corrected chi connectivity index (χ0v) is 19.5. The van der Waals surface area contributed by atoms with Crippen LogP contribution in [0.1, 0.15) is 51.5 Å². The smallest absolute Gasteiger partial charge is 0.254 e. The van der Waals surface area contributed by atoms with Crippen molar-refractivity contribution >= 4 is 17.4 Å². The van der Waals surface area contributed by atoms with E-state index in [2.05, 4.69) is 10.6 Å². The fourth-order valence-corrected chi connectivity index (χ4v) is 4.61. The second-order valence-electron chi connectivity index (χ2n) is 8.62. The predicted octanol–water partition coefficient (Wildman–Crippen LogP) is 5.09. The second kappa shape index (κ2) is 9.53.